The van der Waals surface area contributed by atoms with Gasteiger partial charge in [0.2, 0.25) is 10.0 Å². The molecule has 0 aliphatic heterocycles. The van der Waals surface area contributed by atoms with Crippen LogP contribution in [-0.4, -0.2) is 55.3 Å². The summed E-state index contributed by atoms with van der Waals surface area (Å²) in [4.78, 5) is 0.220. The molecule has 0 aliphatic carbocycles. The fourth-order valence-corrected chi connectivity index (χ4v) is 3.44. The predicted octanol–water partition coefficient (Wildman–Crippen LogP) is 0.791. The minimum Gasteiger partial charge on any atom is -0.394 e. The largest absolute Gasteiger partial charge is 0.394 e. The Bertz CT molecular complexity index is 556. The molecule has 0 bridgehead atoms. The second-order valence-electron chi connectivity index (χ2n) is 4.78. The number of aliphatic hydroxyl groups is 2. The highest BCUT2D eigenvalue weighted by Gasteiger charge is 2.22. The molecule has 3 N–H and O–H groups in total. The molecule has 0 radical (unpaired) electrons. The highest BCUT2D eigenvalue weighted by molar-refractivity contribution is 7.89. The van der Waals surface area contributed by atoms with Crippen LogP contribution >= 0.6 is 0 Å². The van der Waals surface area contributed by atoms with Gasteiger partial charge in [0.1, 0.15) is 0 Å². The van der Waals surface area contributed by atoms with Crippen LogP contribution in [0.2, 0.25) is 0 Å². The van der Waals surface area contributed by atoms with E-state index in [1.54, 1.807) is 32.0 Å². The molecule has 0 aromatic heterocycles. The molecule has 1 rings (SSSR count). The molecule has 7 heteroatoms. The zero-order chi connectivity index (χ0) is 16.0. The number of nitrogens with zero attached hydrogens (tertiary/aromatic N) is 1. The summed E-state index contributed by atoms with van der Waals surface area (Å²) >= 11 is 0. The number of rotatable bonds is 8. The van der Waals surface area contributed by atoms with E-state index in [4.69, 9.17) is 5.11 Å². The Balaban J connectivity index is 3.06. The van der Waals surface area contributed by atoms with Crippen molar-refractivity contribution in [1.82, 2.24) is 4.31 Å². The zero-order valence-electron chi connectivity index (χ0n) is 12.7. The van der Waals surface area contributed by atoms with Crippen molar-refractivity contribution >= 4 is 15.7 Å². The molecule has 0 saturated heterocycles. The molecule has 1 aromatic rings. The molecule has 0 spiro atoms. The lowest BCUT2D eigenvalue weighted by Gasteiger charge is -2.20. The van der Waals surface area contributed by atoms with E-state index in [0.717, 1.165) is 5.56 Å². The van der Waals surface area contributed by atoms with Gasteiger partial charge in [0.25, 0.3) is 0 Å². The Hall–Kier alpha value is -1.15. The molecule has 1 unspecified atom stereocenters. The van der Waals surface area contributed by atoms with Crippen LogP contribution in [0.3, 0.4) is 0 Å². The summed E-state index contributed by atoms with van der Waals surface area (Å²) in [5, 5.41) is 21.1. The van der Waals surface area contributed by atoms with Crippen LogP contribution in [0.5, 0.6) is 0 Å². The van der Waals surface area contributed by atoms with Crippen molar-refractivity contribution in [2.24, 2.45) is 0 Å². The molecule has 0 amide bonds. The maximum Gasteiger partial charge on any atom is 0.243 e. The van der Waals surface area contributed by atoms with Gasteiger partial charge in [-0.1, -0.05) is 19.9 Å². The van der Waals surface area contributed by atoms with E-state index in [2.05, 4.69) is 5.32 Å². The average Bonchev–Trinajstić information content (AvgIpc) is 2.46. The lowest BCUT2D eigenvalue weighted by molar-refractivity contribution is 0.105. The third-order valence-corrected chi connectivity index (χ3v) is 5.34. The Morgan fingerprint density at radius 3 is 2.43 bits per heavy atom. The van der Waals surface area contributed by atoms with Gasteiger partial charge >= 0.3 is 0 Å². The van der Waals surface area contributed by atoms with Crippen LogP contribution in [-0.2, 0) is 10.0 Å². The summed E-state index contributed by atoms with van der Waals surface area (Å²) in [6, 6.07) is 4.87. The Kier molecular flexibility index (Phi) is 6.60. The number of sulfonamides is 1. The van der Waals surface area contributed by atoms with Crippen LogP contribution in [0, 0.1) is 6.92 Å². The summed E-state index contributed by atoms with van der Waals surface area (Å²) in [6.45, 7) is 6.09. The van der Waals surface area contributed by atoms with Crippen molar-refractivity contribution in [2.75, 3.05) is 31.6 Å². The summed E-state index contributed by atoms with van der Waals surface area (Å²) in [6.07, 6.45) is -0.882. The van der Waals surface area contributed by atoms with Crippen LogP contribution in [0.1, 0.15) is 19.4 Å². The number of aliphatic hydroxyl groups excluding tert-OH is 2. The van der Waals surface area contributed by atoms with E-state index >= 15 is 0 Å². The standard InChI is InChI=1S/C14H24N2O4S/c1-4-16(5-2)21(19,20)13-7-6-11(3)14(8-13)15-9-12(18)10-17/h6-8,12,15,17-18H,4-5,9-10H2,1-3H3. The molecule has 120 valence electrons. The van der Waals surface area contributed by atoms with E-state index < -0.39 is 16.1 Å². The van der Waals surface area contributed by atoms with Crippen LogP contribution in [0.4, 0.5) is 5.69 Å². The normalized spacial score (nSPS) is 13.4. The van der Waals surface area contributed by atoms with Gasteiger partial charge < -0.3 is 15.5 Å². The summed E-state index contributed by atoms with van der Waals surface area (Å²) in [7, 11) is -3.50. The number of hydrogen-bond donors (Lipinski definition) is 3. The SMILES string of the molecule is CCN(CC)S(=O)(=O)c1ccc(C)c(NCC(O)CO)c1. The van der Waals surface area contributed by atoms with Gasteiger partial charge in [0, 0.05) is 25.3 Å². The molecule has 0 fully saturated rings. The number of hydrogen-bond acceptors (Lipinski definition) is 5. The fraction of sp³-hybridized carbons (Fsp3) is 0.571. The van der Waals surface area contributed by atoms with Gasteiger partial charge in [-0.3, -0.25) is 0 Å². The minimum atomic E-state index is -3.50. The van der Waals surface area contributed by atoms with Gasteiger partial charge in [0.05, 0.1) is 17.6 Å². The van der Waals surface area contributed by atoms with E-state index in [1.165, 1.54) is 4.31 Å². The quantitative estimate of drug-likeness (QED) is 0.660. The first-order valence-electron chi connectivity index (χ1n) is 7.00. The van der Waals surface area contributed by atoms with Gasteiger partial charge in [-0.25, -0.2) is 8.42 Å². The third-order valence-electron chi connectivity index (χ3n) is 3.29. The first-order chi connectivity index (χ1) is 9.86. The molecule has 1 atom stereocenters. The maximum atomic E-state index is 12.5. The van der Waals surface area contributed by atoms with Crippen molar-refractivity contribution < 1.29 is 18.6 Å². The molecule has 0 saturated carbocycles. The minimum absolute atomic E-state index is 0.159. The third kappa shape index (κ3) is 4.41. The molecule has 6 nitrogen and oxygen atoms in total. The van der Waals surface area contributed by atoms with Gasteiger partial charge in [0.15, 0.2) is 0 Å². The molecule has 0 aliphatic rings. The molecule has 1 aromatic carbocycles. The fourth-order valence-electron chi connectivity index (χ4n) is 1.96. The summed E-state index contributed by atoms with van der Waals surface area (Å²) in [5.41, 5.74) is 1.51. The zero-order valence-corrected chi connectivity index (χ0v) is 13.5. The lowest BCUT2D eigenvalue weighted by Crippen LogP contribution is -2.30. The van der Waals surface area contributed by atoms with Crippen LogP contribution < -0.4 is 5.32 Å². The smallest absolute Gasteiger partial charge is 0.243 e. The highest BCUT2D eigenvalue weighted by Crippen LogP contribution is 2.22. The topological polar surface area (TPSA) is 89.9 Å². The number of aryl methyl sites for hydroxylation is 1. The van der Waals surface area contributed by atoms with Crippen LogP contribution in [0.25, 0.3) is 0 Å². The molecular formula is C14H24N2O4S. The van der Waals surface area contributed by atoms with E-state index in [0.29, 0.717) is 18.8 Å². The Morgan fingerprint density at radius 1 is 1.29 bits per heavy atom. The number of anilines is 1. The Labute approximate surface area is 126 Å². The lowest BCUT2D eigenvalue weighted by atomic mass is 10.2. The molecule has 21 heavy (non-hydrogen) atoms. The van der Waals surface area contributed by atoms with E-state index in [1.807, 2.05) is 6.92 Å². The Morgan fingerprint density at radius 2 is 1.90 bits per heavy atom. The van der Waals surface area contributed by atoms with Gasteiger partial charge in [-0.15, -0.1) is 0 Å². The van der Waals surface area contributed by atoms with Crippen LogP contribution in [0.15, 0.2) is 23.1 Å². The summed E-state index contributed by atoms with van der Waals surface area (Å²) < 4.78 is 26.3. The molecule has 0 heterocycles. The second-order valence-corrected chi connectivity index (χ2v) is 6.72. The maximum absolute atomic E-state index is 12.5. The van der Waals surface area contributed by atoms with Crippen molar-refractivity contribution in [3.63, 3.8) is 0 Å². The summed E-state index contributed by atoms with van der Waals surface area (Å²) in [5.74, 6) is 0. The van der Waals surface area contributed by atoms with E-state index in [-0.39, 0.29) is 18.0 Å². The first-order valence-corrected chi connectivity index (χ1v) is 8.44. The van der Waals surface area contributed by atoms with Crippen molar-refractivity contribution in [2.45, 2.75) is 31.8 Å². The number of benzene rings is 1. The van der Waals surface area contributed by atoms with Gasteiger partial charge in [-0.05, 0) is 24.6 Å². The molecular weight excluding hydrogens is 292 g/mol. The highest BCUT2D eigenvalue weighted by atomic mass is 32.2. The van der Waals surface area contributed by atoms with Crippen molar-refractivity contribution in [3.8, 4) is 0 Å². The monoisotopic (exact) mass is 316 g/mol. The number of nitrogens with one attached hydrogen (secondary N) is 1. The van der Waals surface area contributed by atoms with Gasteiger partial charge in [-0.2, -0.15) is 4.31 Å². The van der Waals surface area contributed by atoms with Crippen molar-refractivity contribution in [1.29, 1.82) is 0 Å². The van der Waals surface area contributed by atoms with Crippen molar-refractivity contribution in [3.05, 3.63) is 23.8 Å². The average molecular weight is 316 g/mol. The second kappa shape index (κ2) is 7.74. The first kappa shape index (κ1) is 17.9. The predicted molar refractivity (Wildman–Crippen MR) is 82.9 cm³/mol. The van der Waals surface area contributed by atoms with E-state index in [9.17, 15) is 13.5 Å².